The summed E-state index contributed by atoms with van der Waals surface area (Å²) in [5, 5.41) is 11.7. The van der Waals surface area contributed by atoms with Crippen molar-refractivity contribution in [2.45, 2.75) is 38.5 Å². The van der Waals surface area contributed by atoms with Crippen molar-refractivity contribution < 1.29 is 14.3 Å². The second-order valence-corrected chi connectivity index (χ2v) is 11.2. The van der Waals surface area contributed by atoms with Gasteiger partial charge in [-0.15, -0.1) is 0 Å². The van der Waals surface area contributed by atoms with Crippen LogP contribution >= 0.6 is 11.6 Å². The summed E-state index contributed by atoms with van der Waals surface area (Å²) in [7, 11) is 0. The van der Waals surface area contributed by atoms with Gasteiger partial charge in [-0.05, 0) is 73.4 Å². The quantitative estimate of drug-likeness (QED) is 0.248. The van der Waals surface area contributed by atoms with Gasteiger partial charge in [0, 0.05) is 16.8 Å². The third-order valence-corrected chi connectivity index (χ3v) is 8.16. The lowest BCUT2D eigenvalue weighted by Crippen LogP contribution is -2.34. The summed E-state index contributed by atoms with van der Waals surface area (Å²) < 4.78 is 17.2. The molecule has 1 aliphatic rings. The van der Waals surface area contributed by atoms with Crippen LogP contribution in [0.25, 0.3) is 33.1 Å². The third-order valence-electron chi connectivity index (χ3n) is 7.84. The second kappa shape index (κ2) is 9.29. The van der Waals surface area contributed by atoms with Crippen LogP contribution in [-0.2, 0) is 10.4 Å². The van der Waals surface area contributed by atoms with Crippen LogP contribution in [0.15, 0.2) is 70.3 Å². The Labute approximate surface area is 237 Å². The molecule has 10 heteroatoms. The van der Waals surface area contributed by atoms with E-state index < -0.39 is 34.8 Å². The number of H-pyrrole nitrogens is 2. The number of fused-ring (bicyclic) bond motifs is 4. The van der Waals surface area contributed by atoms with E-state index in [-0.39, 0.29) is 21.5 Å². The van der Waals surface area contributed by atoms with E-state index in [4.69, 9.17) is 17.3 Å². The Morgan fingerprint density at radius 2 is 1.80 bits per heavy atom. The highest BCUT2D eigenvalue weighted by atomic mass is 35.5. The first-order valence-corrected chi connectivity index (χ1v) is 13.3. The molecule has 208 valence electrons. The fraction of sp³-hybridized carbons (Fsp3) is 0.194. The van der Waals surface area contributed by atoms with Crippen LogP contribution in [-0.4, -0.2) is 31.7 Å². The number of rotatable bonds is 4. The summed E-state index contributed by atoms with van der Waals surface area (Å²) >= 11 is 6.21. The van der Waals surface area contributed by atoms with Crippen LogP contribution in [0.1, 0.15) is 47.7 Å². The van der Waals surface area contributed by atoms with E-state index >= 15 is 4.39 Å². The van der Waals surface area contributed by atoms with Crippen LogP contribution in [0.4, 0.5) is 4.39 Å². The van der Waals surface area contributed by atoms with Gasteiger partial charge < -0.3 is 20.8 Å². The SMILES string of the molecule is Cc1c(C2c3c([nH]c4cc(C(C)(C)O)ccc34)C(C(N)=O)=CC2F)cccc1-n1c(=O)[nH]c2c(Cl)cccc2c1=O. The number of halogens is 2. The van der Waals surface area contributed by atoms with Gasteiger partial charge in [0.15, 0.2) is 0 Å². The van der Waals surface area contributed by atoms with Crippen LogP contribution in [0.2, 0.25) is 5.02 Å². The van der Waals surface area contributed by atoms with Crippen LogP contribution in [0, 0.1) is 6.92 Å². The Hall–Kier alpha value is -4.47. The van der Waals surface area contributed by atoms with Gasteiger partial charge in [0.1, 0.15) is 6.17 Å². The molecule has 0 spiro atoms. The Bertz CT molecular complexity index is 2070. The van der Waals surface area contributed by atoms with Crippen molar-refractivity contribution in [2.75, 3.05) is 0 Å². The van der Waals surface area contributed by atoms with E-state index in [1.807, 2.05) is 0 Å². The minimum absolute atomic E-state index is 0.0256. The maximum atomic E-state index is 16.1. The number of nitrogens with zero attached hydrogens (tertiary/aromatic N) is 1. The molecule has 5 aromatic rings. The fourth-order valence-corrected chi connectivity index (χ4v) is 6.03. The number of carbonyl (C=O) groups is 1. The van der Waals surface area contributed by atoms with Gasteiger partial charge in [-0.2, -0.15) is 0 Å². The average Bonchev–Trinajstić information content (AvgIpc) is 3.28. The van der Waals surface area contributed by atoms with Gasteiger partial charge >= 0.3 is 5.69 Å². The number of nitrogens with one attached hydrogen (secondary N) is 2. The molecule has 1 aliphatic carbocycles. The summed E-state index contributed by atoms with van der Waals surface area (Å²) in [6.45, 7) is 5.04. The van der Waals surface area contributed by atoms with Crippen LogP contribution < -0.4 is 17.0 Å². The van der Waals surface area contributed by atoms with E-state index in [0.29, 0.717) is 44.5 Å². The number of primary amides is 1. The van der Waals surface area contributed by atoms with Crippen molar-refractivity contribution in [2.24, 2.45) is 5.73 Å². The number of nitrogens with two attached hydrogens (primary N) is 1. The van der Waals surface area contributed by atoms with Crippen molar-refractivity contribution in [3.8, 4) is 5.69 Å². The van der Waals surface area contributed by atoms with Gasteiger partial charge in [0.2, 0.25) is 0 Å². The van der Waals surface area contributed by atoms with E-state index in [0.717, 1.165) is 4.57 Å². The van der Waals surface area contributed by atoms with Crippen LogP contribution in [0.3, 0.4) is 0 Å². The Balaban J connectivity index is 1.60. The number of amides is 1. The molecular formula is C31H26ClFN4O4. The molecular weight excluding hydrogens is 547 g/mol. The summed E-state index contributed by atoms with van der Waals surface area (Å²) in [6.07, 6.45) is -0.442. The predicted octanol–water partition coefficient (Wildman–Crippen LogP) is 4.70. The normalized spacial score (nSPS) is 17.1. The molecule has 0 bridgehead atoms. The lowest BCUT2D eigenvalue weighted by molar-refractivity contribution is -0.112. The highest BCUT2D eigenvalue weighted by molar-refractivity contribution is 6.35. The Morgan fingerprint density at radius 3 is 2.51 bits per heavy atom. The molecule has 41 heavy (non-hydrogen) atoms. The Kier molecular flexibility index (Phi) is 6.06. The smallest absolute Gasteiger partial charge is 0.333 e. The molecule has 3 aromatic carbocycles. The maximum Gasteiger partial charge on any atom is 0.333 e. The fourth-order valence-electron chi connectivity index (χ4n) is 5.81. The highest BCUT2D eigenvalue weighted by Crippen LogP contribution is 2.45. The number of hydrogen-bond acceptors (Lipinski definition) is 4. The molecule has 0 aliphatic heterocycles. The number of hydrogen-bond donors (Lipinski definition) is 4. The number of alkyl halides is 1. The molecule has 0 fully saturated rings. The number of allylic oxidation sites excluding steroid dienone is 1. The number of aliphatic hydroxyl groups is 1. The largest absolute Gasteiger partial charge is 0.386 e. The third kappa shape index (κ3) is 4.11. The van der Waals surface area contributed by atoms with Crippen molar-refractivity contribution in [3.05, 3.63) is 114 Å². The van der Waals surface area contributed by atoms with E-state index in [1.54, 1.807) is 75.4 Å². The average molecular weight is 573 g/mol. The summed E-state index contributed by atoms with van der Waals surface area (Å²) in [6, 6.07) is 15.1. The van der Waals surface area contributed by atoms with Crippen molar-refractivity contribution >= 4 is 44.9 Å². The number of aromatic nitrogens is 3. The Morgan fingerprint density at radius 1 is 1.07 bits per heavy atom. The lowest BCUT2D eigenvalue weighted by atomic mass is 9.78. The van der Waals surface area contributed by atoms with Gasteiger partial charge in [0.05, 0.1) is 38.5 Å². The molecule has 0 saturated carbocycles. The molecule has 2 heterocycles. The molecule has 2 unspecified atom stereocenters. The molecule has 2 atom stereocenters. The molecule has 8 nitrogen and oxygen atoms in total. The monoisotopic (exact) mass is 572 g/mol. The maximum absolute atomic E-state index is 16.1. The molecule has 0 radical (unpaired) electrons. The summed E-state index contributed by atoms with van der Waals surface area (Å²) in [4.78, 5) is 44.9. The summed E-state index contributed by atoms with van der Waals surface area (Å²) in [5.74, 6) is -1.67. The van der Waals surface area contributed by atoms with Crippen molar-refractivity contribution in [1.82, 2.24) is 14.5 Å². The van der Waals surface area contributed by atoms with Crippen molar-refractivity contribution in [1.29, 1.82) is 0 Å². The van der Waals surface area contributed by atoms with E-state index in [2.05, 4.69) is 9.97 Å². The minimum Gasteiger partial charge on any atom is -0.386 e. The first-order valence-electron chi connectivity index (χ1n) is 13.0. The van der Waals surface area contributed by atoms with Crippen molar-refractivity contribution in [3.63, 3.8) is 0 Å². The van der Waals surface area contributed by atoms with E-state index in [9.17, 15) is 19.5 Å². The topological polar surface area (TPSA) is 134 Å². The number of benzene rings is 3. The van der Waals surface area contributed by atoms with Gasteiger partial charge in [-0.25, -0.2) is 13.8 Å². The van der Waals surface area contributed by atoms with Gasteiger partial charge in [0.25, 0.3) is 11.5 Å². The molecule has 6 rings (SSSR count). The zero-order valence-electron chi connectivity index (χ0n) is 22.4. The van der Waals surface area contributed by atoms with Gasteiger partial charge in [-0.1, -0.05) is 41.9 Å². The number of aromatic amines is 2. The second-order valence-electron chi connectivity index (χ2n) is 10.8. The molecule has 1 amide bonds. The molecule has 0 saturated heterocycles. The predicted molar refractivity (Wildman–Crippen MR) is 157 cm³/mol. The zero-order valence-corrected chi connectivity index (χ0v) is 23.1. The minimum atomic E-state index is -1.64. The molecule has 2 aromatic heterocycles. The summed E-state index contributed by atoms with van der Waals surface area (Å²) in [5.41, 5.74) is 7.03. The number of para-hydroxylation sites is 1. The first kappa shape index (κ1) is 26.7. The van der Waals surface area contributed by atoms with Gasteiger partial charge in [-0.3, -0.25) is 9.59 Å². The lowest BCUT2D eigenvalue weighted by Gasteiger charge is -2.28. The van der Waals surface area contributed by atoms with Crippen LogP contribution in [0.5, 0.6) is 0 Å². The zero-order chi connectivity index (χ0) is 29.4. The van der Waals surface area contributed by atoms with E-state index in [1.165, 1.54) is 6.08 Å². The molecule has 5 N–H and O–H groups in total. The first-order chi connectivity index (χ1) is 19.4. The highest BCUT2D eigenvalue weighted by Gasteiger charge is 2.37. The standard InChI is InChI=1S/C31H26ClFN4O4/c1-14-16(6-5-9-23(14)37-29(39)18-7-4-8-20(32)26(18)36-30(37)40)24-21(33)13-19(28(34)38)27-25(24)17-11-10-15(31(2,3)41)12-22(17)35-27/h4-13,21,24,35,41H,1-3H3,(H2,34,38)(H,36,40). The number of carbonyl (C=O) groups excluding carboxylic acids is 1.